The van der Waals surface area contributed by atoms with Crippen LogP contribution in [0.1, 0.15) is 10.4 Å². The highest BCUT2D eigenvalue weighted by Gasteiger charge is 2.21. The summed E-state index contributed by atoms with van der Waals surface area (Å²) in [5.41, 5.74) is 0.723. The van der Waals surface area contributed by atoms with E-state index < -0.39 is 0 Å². The summed E-state index contributed by atoms with van der Waals surface area (Å²) in [6, 6.07) is 10.9. The van der Waals surface area contributed by atoms with E-state index in [0.29, 0.717) is 13.0 Å². The lowest BCUT2D eigenvalue weighted by Gasteiger charge is -2.34. The molecule has 0 bridgehead atoms. The van der Waals surface area contributed by atoms with Crippen LogP contribution in [0.15, 0.2) is 41.8 Å². The first-order valence-corrected chi connectivity index (χ1v) is 8.36. The molecule has 2 aromatic rings. The van der Waals surface area contributed by atoms with Crippen LogP contribution in [0.5, 0.6) is 0 Å². The van der Waals surface area contributed by atoms with Crippen LogP contribution < -0.4 is 0 Å². The normalized spacial score (nSPS) is 16.0. The van der Waals surface area contributed by atoms with Gasteiger partial charge in [-0.2, -0.15) is 0 Å². The van der Waals surface area contributed by atoms with Gasteiger partial charge in [-0.15, -0.1) is 11.3 Å². The molecule has 3 nitrogen and oxygen atoms in total. The van der Waals surface area contributed by atoms with Crippen molar-refractivity contribution in [1.29, 1.82) is 0 Å². The molecule has 0 unspecified atom stereocenters. The van der Waals surface area contributed by atoms with E-state index in [-0.39, 0.29) is 11.7 Å². The Hall–Kier alpha value is -1.72. The Bertz CT molecular complexity index is 621. The minimum atomic E-state index is -0.154. The largest absolute Gasteiger partial charge is 0.340 e. The Morgan fingerprint density at radius 3 is 2.55 bits per heavy atom. The zero-order valence-corrected chi connectivity index (χ0v) is 13.2. The van der Waals surface area contributed by atoms with Crippen LogP contribution in [-0.2, 0) is 17.8 Å². The van der Waals surface area contributed by atoms with Crippen LogP contribution in [0.3, 0.4) is 0 Å². The fourth-order valence-electron chi connectivity index (χ4n) is 2.70. The second-order valence-corrected chi connectivity index (χ2v) is 6.54. The van der Waals surface area contributed by atoms with Gasteiger partial charge in [-0.3, -0.25) is 9.69 Å². The predicted octanol–water partition coefficient (Wildman–Crippen LogP) is 2.77. The molecule has 1 aromatic heterocycles. The molecule has 1 fully saturated rings. The minimum Gasteiger partial charge on any atom is -0.340 e. The molecule has 1 aromatic carbocycles. The Morgan fingerprint density at radius 1 is 1.09 bits per heavy atom. The molecule has 0 aliphatic carbocycles. The van der Waals surface area contributed by atoms with Gasteiger partial charge in [0.05, 0.1) is 6.42 Å². The van der Waals surface area contributed by atoms with Gasteiger partial charge in [-0.05, 0) is 17.5 Å². The molecular weight excluding hydrogens is 299 g/mol. The number of thiophene rings is 1. The first-order chi connectivity index (χ1) is 10.7. The van der Waals surface area contributed by atoms with Crippen molar-refractivity contribution in [3.63, 3.8) is 0 Å². The number of carbonyl (C=O) groups excluding carboxylic acids is 1. The average Bonchev–Trinajstić information content (AvgIpc) is 3.03. The van der Waals surface area contributed by atoms with Gasteiger partial charge in [0.1, 0.15) is 5.82 Å². The molecule has 2 heterocycles. The van der Waals surface area contributed by atoms with Crippen molar-refractivity contribution in [2.24, 2.45) is 0 Å². The molecule has 1 aliphatic heterocycles. The average molecular weight is 318 g/mol. The van der Waals surface area contributed by atoms with Crippen molar-refractivity contribution in [3.05, 3.63) is 58.0 Å². The van der Waals surface area contributed by atoms with Gasteiger partial charge < -0.3 is 4.90 Å². The second-order valence-electron chi connectivity index (χ2n) is 5.50. The lowest BCUT2D eigenvalue weighted by atomic mass is 10.2. The quantitative estimate of drug-likeness (QED) is 0.865. The summed E-state index contributed by atoms with van der Waals surface area (Å²) in [5.74, 6) is 0.0340. The number of rotatable bonds is 4. The van der Waals surface area contributed by atoms with E-state index in [1.807, 2.05) is 34.5 Å². The second kappa shape index (κ2) is 7.03. The Labute approximate surface area is 134 Å². The summed E-state index contributed by atoms with van der Waals surface area (Å²) < 4.78 is 13.7. The van der Waals surface area contributed by atoms with Gasteiger partial charge in [-0.25, -0.2) is 4.39 Å². The number of amides is 1. The Balaban J connectivity index is 1.50. The van der Waals surface area contributed by atoms with E-state index in [4.69, 9.17) is 0 Å². The van der Waals surface area contributed by atoms with Crippen molar-refractivity contribution in [3.8, 4) is 0 Å². The standard InChI is InChI=1S/C17H19FN2OS/c18-16-6-2-1-4-14(16)13-19-7-9-20(10-8-19)17(21)12-15-5-3-11-22-15/h1-6,11H,7-10,12-13H2. The van der Waals surface area contributed by atoms with Crippen LogP contribution in [0.4, 0.5) is 4.39 Å². The van der Waals surface area contributed by atoms with Crippen molar-refractivity contribution < 1.29 is 9.18 Å². The highest BCUT2D eigenvalue weighted by atomic mass is 32.1. The van der Waals surface area contributed by atoms with Crippen LogP contribution in [0.25, 0.3) is 0 Å². The lowest BCUT2D eigenvalue weighted by Crippen LogP contribution is -2.48. The van der Waals surface area contributed by atoms with E-state index >= 15 is 0 Å². The molecule has 1 aliphatic rings. The molecule has 116 valence electrons. The highest BCUT2D eigenvalue weighted by Crippen LogP contribution is 2.14. The highest BCUT2D eigenvalue weighted by molar-refractivity contribution is 7.10. The van der Waals surface area contributed by atoms with E-state index in [1.165, 1.54) is 6.07 Å². The van der Waals surface area contributed by atoms with Crippen molar-refractivity contribution in [1.82, 2.24) is 9.80 Å². The zero-order chi connectivity index (χ0) is 15.4. The fraction of sp³-hybridized carbons (Fsp3) is 0.353. The molecule has 22 heavy (non-hydrogen) atoms. The third-order valence-corrected chi connectivity index (χ3v) is 4.86. The maximum atomic E-state index is 13.7. The molecule has 0 radical (unpaired) electrons. The summed E-state index contributed by atoms with van der Waals surface area (Å²) >= 11 is 1.62. The summed E-state index contributed by atoms with van der Waals surface area (Å²) in [4.78, 5) is 17.5. The summed E-state index contributed by atoms with van der Waals surface area (Å²) in [5, 5.41) is 1.99. The number of nitrogens with zero attached hydrogens (tertiary/aromatic N) is 2. The lowest BCUT2D eigenvalue weighted by molar-refractivity contribution is -0.132. The Kier molecular flexibility index (Phi) is 4.85. The molecule has 5 heteroatoms. The molecule has 0 N–H and O–H groups in total. The third kappa shape index (κ3) is 3.72. The van der Waals surface area contributed by atoms with Gasteiger partial charge in [0.2, 0.25) is 5.91 Å². The number of carbonyl (C=O) groups is 1. The molecule has 1 saturated heterocycles. The van der Waals surface area contributed by atoms with Crippen LogP contribution in [0.2, 0.25) is 0 Å². The molecule has 3 rings (SSSR count). The first kappa shape index (κ1) is 15.2. The fourth-order valence-corrected chi connectivity index (χ4v) is 3.39. The molecule has 0 saturated carbocycles. The van der Waals surface area contributed by atoms with Crippen LogP contribution >= 0.6 is 11.3 Å². The number of halogens is 1. The molecule has 0 spiro atoms. The molecule has 0 atom stereocenters. The monoisotopic (exact) mass is 318 g/mol. The van der Waals surface area contributed by atoms with E-state index in [0.717, 1.165) is 36.6 Å². The van der Waals surface area contributed by atoms with Gasteiger partial charge in [0, 0.05) is 43.2 Å². The summed E-state index contributed by atoms with van der Waals surface area (Å²) in [6.45, 7) is 3.64. The smallest absolute Gasteiger partial charge is 0.227 e. The molecular formula is C17H19FN2OS. The number of piperazine rings is 1. The molecule has 1 amide bonds. The van der Waals surface area contributed by atoms with Crippen molar-refractivity contribution in [2.45, 2.75) is 13.0 Å². The Morgan fingerprint density at radius 2 is 1.86 bits per heavy atom. The van der Waals surface area contributed by atoms with Gasteiger partial charge in [0.25, 0.3) is 0 Å². The van der Waals surface area contributed by atoms with E-state index in [2.05, 4.69) is 4.90 Å². The van der Waals surface area contributed by atoms with Crippen molar-refractivity contribution in [2.75, 3.05) is 26.2 Å². The van der Waals surface area contributed by atoms with Crippen LogP contribution in [-0.4, -0.2) is 41.9 Å². The maximum absolute atomic E-state index is 13.7. The van der Waals surface area contributed by atoms with Crippen LogP contribution in [0, 0.1) is 5.82 Å². The SMILES string of the molecule is O=C(Cc1cccs1)N1CCN(Cc2ccccc2F)CC1. The zero-order valence-electron chi connectivity index (χ0n) is 12.4. The van der Waals surface area contributed by atoms with Gasteiger partial charge in [0.15, 0.2) is 0 Å². The number of benzene rings is 1. The first-order valence-electron chi connectivity index (χ1n) is 7.48. The number of hydrogen-bond acceptors (Lipinski definition) is 3. The van der Waals surface area contributed by atoms with Crippen molar-refractivity contribution >= 4 is 17.2 Å². The van der Waals surface area contributed by atoms with Gasteiger partial charge in [-0.1, -0.05) is 24.3 Å². The van der Waals surface area contributed by atoms with E-state index in [1.54, 1.807) is 17.4 Å². The summed E-state index contributed by atoms with van der Waals surface area (Å²) in [6.07, 6.45) is 0.491. The maximum Gasteiger partial charge on any atom is 0.227 e. The third-order valence-electron chi connectivity index (χ3n) is 3.98. The summed E-state index contributed by atoms with van der Waals surface area (Å²) in [7, 11) is 0. The number of hydrogen-bond donors (Lipinski definition) is 0. The van der Waals surface area contributed by atoms with E-state index in [9.17, 15) is 9.18 Å². The van der Waals surface area contributed by atoms with Gasteiger partial charge >= 0.3 is 0 Å². The minimum absolute atomic E-state index is 0.154. The topological polar surface area (TPSA) is 23.6 Å². The predicted molar refractivity (Wildman–Crippen MR) is 86.3 cm³/mol.